The molecule has 0 bridgehead atoms. The van der Waals surface area contributed by atoms with E-state index in [2.05, 4.69) is 181 Å². The van der Waals surface area contributed by atoms with Crippen LogP contribution < -0.4 is 37.9 Å². The molecule has 5 heteroatoms. The fourth-order valence-corrected chi connectivity index (χ4v) is 8.37. The summed E-state index contributed by atoms with van der Waals surface area (Å²) in [5.41, 5.74) is 12.9. The van der Waals surface area contributed by atoms with Gasteiger partial charge in [-0.05, 0) is 76.3 Å². The summed E-state index contributed by atoms with van der Waals surface area (Å²) >= 11 is 0. The van der Waals surface area contributed by atoms with Crippen molar-refractivity contribution < 1.29 is 0 Å². The Labute approximate surface area is 310 Å². The van der Waals surface area contributed by atoms with Crippen LogP contribution in [0.2, 0.25) is 0 Å². The summed E-state index contributed by atoms with van der Waals surface area (Å²) < 4.78 is 0. The second kappa shape index (κ2) is 13.1. The van der Waals surface area contributed by atoms with Gasteiger partial charge in [0.25, 0.3) is 13.4 Å². The third-order valence-electron chi connectivity index (χ3n) is 10.7. The molecule has 0 radical (unpaired) electrons. The first-order valence-electron chi connectivity index (χ1n) is 18.2. The molecule has 7 aromatic carbocycles. The molecule has 0 amide bonds. The Balaban J connectivity index is 1.21. The summed E-state index contributed by atoms with van der Waals surface area (Å²) in [6, 6.07) is 67.8. The number of para-hydroxylation sites is 1. The molecule has 0 spiro atoms. The SMILES string of the molecule is c1ccc(B(c2ccc3c(c2)N(c2ccccc2)c2cccc4c2c-3cc2ccc(B(c3ccccc3)c3ccccn3)cc24)c2ccccn2)cc1. The number of anilines is 3. The lowest BCUT2D eigenvalue weighted by Crippen LogP contribution is -2.53. The first-order chi connectivity index (χ1) is 26.3. The Morgan fingerprint density at radius 2 is 0.962 bits per heavy atom. The van der Waals surface area contributed by atoms with Gasteiger partial charge in [-0.3, -0.25) is 9.97 Å². The van der Waals surface area contributed by atoms with Crippen LogP contribution in [0.4, 0.5) is 17.1 Å². The highest BCUT2D eigenvalue weighted by molar-refractivity contribution is 6.95. The van der Waals surface area contributed by atoms with Crippen molar-refractivity contribution in [2.75, 3.05) is 4.90 Å². The van der Waals surface area contributed by atoms with Crippen molar-refractivity contribution in [2.45, 2.75) is 0 Å². The minimum absolute atomic E-state index is 0.01000. The maximum atomic E-state index is 4.86. The smallest absolute Gasteiger partial charge is 0.265 e. The zero-order chi connectivity index (χ0) is 35.1. The van der Waals surface area contributed by atoms with Gasteiger partial charge in [-0.15, -0.1) is 0 Å². The highest BCUT2D eigenvalue weighted by Crippen LogP contribution is 2.51. The summed E-state index contributed by atoms with van der Waals surface area (Å²) in [4.78, 5) is 12.2. The maximum absolute atomic E-state index is 4.86. The van der Waals surface area contributed by atoms with Crippen LogP contribution in [0.1, 0.15) is 0 Å². The van der Waals surface area contributed by atoms with Crippen LogP contribution in [0, 0.1) is 0 Å². The molecule has 10 rings (SSSR count). The molecule has 53 heavy (non-hydrogen) atoms. The van der Waals surface area contributed by atoms with Crippen LogP contribution in [-0.2, 0) is 0 Å². The van der Waals surface area contributed by atoms with E-state index in [9.17, 15) is 0 Å². The number of rotatable bonds is 7. The van der Waals surface area contributed by atoms with E-state index in [1.54, 1.807) is 0 Å². The Kier molecular flexibility index (Phi) is 7.69. The summed E-state index contributed by atoms with van der Waals surface area (Å²) in [7, 11) is 0. The van der Waals surface area contributed by atoms with Crippen molar-refractivity contribution in [2.24, 2.45) is 0 Å². The van der Waals surface area contributed by atoms with Gasteiger partial charge in [0, 0.05) is 40.2 Å². The van der Waals surface area contributed by atoms with Crippen LogP contribution in [0.5, 0.6) is 0 Å². The summed E-state index contributed by atoms with van der Waals surface area (Å²) in [5, 5.41) is 4.98. The van der Waals surface area contributed by atoms with Crippen molar-refractivity contribution >= 4 is 85.1 Å². The minimum Gasteiger partial charge on any atom is -0.309 e. The Morgan fingerprint density at radius 1 is 0.377 bits per heavy atom. The molecule has 3 heterocycles. The van der Waals surface area contributed by atoms with Gasteiger partial charge in [0.2, 0.25) is 0 Å². The fourth-order valence-electron chi connectivity index (χ4n) is 8.37. The molecule has 0 aliphatic carbocycles. The number of hydrogen-bond donors (Lipinski definition) is 0. The van der Waals surface area contributed by atoms with E-state index in [0.717, 1.165) is 16.9 Å². The van der Waals surface area contributed by atoms with Gasteiger partial charge in [0.05, 0.1) is 11.4 Å². The van der Waals surface area contributed by atoms with Crippen LogP contribution in [0.15, 0.2) is 200 Å². The third-order valence-corrected chi connectivity index (χ3v) is 10.7. The molecule has 0 fully saturated rings. The van der Waals surface area contributed by atoms with Gasteiger partial charge in [-0.2, -0.15) is 0 Å². The molecule has 2 aromatic heterocycles. The zero-order valence-electron chi connectivity index (χ0n) is 29.0. The molecule has 1 aliphatic rings. The van der Waals surface area contributed by atoms with Crippen LogP contribution >= 0.6 is 0 Å². The average Bonchev–Trinajstić information content (AvgIpc) is 3.23. The van der Waals surface area contributed by atoms with Crippen LogP contribution in [0.25, 0.3) is 32.7 Å². The fraction of sp³-hybridized carbons (Fsp3) is 0. The lowest BCUT2D eigenvalue weighted by atomic mass is 9.38. The van der Waals surface area contributed by atoms with E-state index < -0.39 is 0 Å². The molecule has 0 unspecified atom stereocenters. The highest BCUT2D eigenvalue weighted by atomic mass is 15.2. The van der Waals surface area contributed by atoms with Gasteiger partial charge < -0.3 is 4.90 Å². The molecule has 0 N–H and O–H groups in total. The largest absolute Gasteiger partial charge is 0.309 e. The van der Waals surface area contributed by atoms with E-state index in [1.807, 2.05) is 24.5 Å². The number of aromatic nitrogens is 2. The van der Waals surface area contributed by atoms with Crippen molar-refractivity contribution in [1.29, 1.82) is 0 Å². The normalized spacial score (nSPS) is 11.7. The number of hydrogen-bond acceptors (Lipinski definition) is 3. The van der Waals surface area contributed by atoms with Gasteiger partial charge in [0.15, 0.2) is 0 Å². The lowest BCUT2D eigenvalue weighted by molar-refractivity contribution is 1.29. The average molecular weight is 673 g/mol. The minimum atomic E-state index is -0.01000. The summed E-state index contributed by atoms with van der Waals surface area (Å²) in [6.45, 7) is 0.00782. The first-order valence-corrected chi connectivity index (χ1v) is 18.2. The van der Waals surface area contributed by atoms with Gasteiger partial charge in [0.1, 0.15) is 0 Å². The number of benzene rings is 7. The quantitative estimate of drug-likeness (QED) is 0.132. The maximum Gasteiger partial charge on any atom is 0.265 e. The van der Waals surface area contributed by atoms with Crippen molar-refractivity contribution in [3.8, 4) is 11.1 Å². The van der Waals surface area contributed by atoms with Crippen molar-refractivity contribution in [1.82, 2.24) is 9.97 Å². The number of nitrogens with zero attached hydrogens (tertiary/aromatic N) is 3. The first kappa shape index (κ1) is 31.1. The highest BCUT2D eigenvalue weighted by Gasteiger charge is 2.31. The molecular weight excluding hydrogens is 640 g/mol. The monoisotopic (exact) mass is 673 g/mol. The van der Waals surface area contributed by atoms with E-state index in [4.69, 9.17) is 9.97 Å². The Morgan fingerprint density at radius 3 is 1.58 bits per heavy atom. The molecule has 9 aromatic rings. The second-order valence-corrected chi connectivity index (χ2v) is 13.7. The van der Waals surface area contributed by atoms with E-state index in [-0.39, 0.29) is 13.4 Å². The molecular formula is C48H33B2N3. The molecule has 0 atom stereocenters. The topological polar surface area (TPSA) is 29.0 Å². The van der Waals surface area contributed by atoms with Crippen LogP contribution in [-0.4, -0.2) is 23.4 Å². The predicted octanol–water partition coefficient (Wildman–Crippen LogP) is 7.27. The van der Waals surface area contributed by atoms with Gasteiger partial charge >= 0.3 is 0 Å². The Bertz CT molecular complexity index is 2650. The van der Waals surface area contributed by atoms with Gasteiger partial charge in [-0.1, -0.05) is 155 Å². The summed E-state index contributed by atoms with van der Waals surface area (Å²) in [5.74, 6) is 0. The molecule has 1 aliphatic heterocycles. The molecule has 3 nitrogen and oxygen atoms in total. The lowest BCUT2D eigenvalue weighted by Gasteiger charge is -2.34. The van der Waals surface area contributed by atoms with E-state index >= 15 is 0 Å². The van der Waals surface area contributed by atoms with Crippen molar-refractivity contribution in [3.63, 3.8) is 0 Å². The third kappa shape index (κ3) is 5.41. The van der Waals surface area contributed by atoms with Gasteiger partial charge in [-0.25, -0.2) is 0 Å². The standard InChI is InChI=1S/C48H33B2N3/c1-4-15-35(16-5-1)49(46-23-10-12-29-51-46)37-26-25-34-31-43-40-28-27-38(50(36-17-6-2-7-18-36)47-24-11-13-30-52-47)33-45(40)53(39-19-8-3-9-20-39)44-22-14-21-41(48(43)44)42(34)32-37/h1-33H. The number of pyridine rings is 2. The molecule has 0 saturated heterocycles. The van der Waals surface area contributed by atoms with Crippen molar-refractivity contribution in [3.05, 3.63) is 200 Å². The summed E-state index contributed by atoms with van der Waals surface area (Å²) in [6.07, 6.45) is 3.79. The Hall–Kier alpha value is -6.71. The zero-order valence-corrected chi connectivity index (χ0v) is 29.0. The number of fused-ring (bicyclic) bond motifs is 4. The van der Waals surface area contributed by atoms with Crippen LogP contribution in [0.3, 0.4) is 0 Å². The molecule has 246 valence electrons. The predicted molar refractivity (Wildman–Crippen MR) is 226 cm³/mol. The van der Waals surface area contributed by atoms with E-state index in [1.165, 1.54) is 65.9 Å². The second-order valence-electron chi connectivity index (χ2n) is 13.7. The molecule has 0 saturated carbocycles. The van der Waals surface area contributed by atoms with E-state index in [0.29, 0.717) is 0 Å².